The predicted molar refractivity (Wildman–Crippen MR) is 74.3 cm³/mol. The van der Waals surface area contributed by atoms with Gasteiger partial charge in [-0.25, -0.2) is 0 Å². The van der Waals surface area contributed by atoms with Crippen LogP contribution in [0.5, 0.6) is 0 Å². The highest BCUT2D eigenvalue weighted by molar-refractivity contribution is 7.18. The van der Waals surface area contributed by atoms with E-state index in [0.29, 0.717) is 10.9 Å². The summed E-state index contributed by atoms with van der Waals surface area (Å²) >= 11 is 8.82. The standard InChI is InChI=1S/C12H12ClNOS2/c1-14(6-9-4-5-16-8-9)7-10(15)11-2-3-12(13)17-11/h2-5,8H,6-7H2,1H3. The zero-order chi connectivity index (χ0) is 12.3. The Bertz CT molecular complexity index is 492. The third kappa shape index (κ3) is 3.64. The number of nitrogens with zero attached hydrogens (tertiary/aromatic N) is 1. The van der Waals surface area contributed by atoms with Crippen LogP contribution in [-0.2, 0) is 6.54 Å². The average Bonchev–Trinajstić information content (AvgIpc) is 2.89. The Morgan fingerprint density at radius 1 is 1.41 bits per heavy atom. The summed E-state index contributed by atoms with van der Waals surface area (Å²) in [5.41, 5.74) is 1.24. The lowest BCUT2D eigenvalue weighted by atomic mass is 10.2. The molecule has 0 radical (unpaired) electrons. The maximum Gasteiger partial charge on any atom is 0.186 e. The molecule has 2 rings (SSSR count). The van der Waals surface area contributed by atoms with E-state index in [1.807, 2.05) is 17.3 Å². The van der Waals surface area contributed by atoms with Crippen LogP contribution in [0.4, 0.5) is 0 Å². The average molecular weight is 286 g/mol. The Labute approximate surface area is 113 Å². The number of rotatable bonds is 5. The van der Waals surface area contributed by atoms with Gasteiger partial charge in [0.05, 0.1) is 15.8 Å². The molecule has 0 aliphatic carbocycles. The molecule has 0 aliphatic heterocycles. The van der Waals surface area contributed by atoms with E-state index in [9.17, 15) is 4.79 Å². The lowest BCUT2D eigenvalue weighted by molar-refractivity contribution is 0.0947. The van der Waals surface area contributed by atoms with Gasteiger partial charge in [0.25, 0.3) is 0 Å². The molecule has 0 N–H and O–H groups in total. The number of halogens is 1. The highest BCUT2D eigenvalue weighted by Crippen LogP contribution is 2.22. The highest BCUT2D eigenvalue weighted by atomic mass is 35.5. The van der Waals surface area contributed by atoms with Crippen molar-refractivity contribution < 1.29 is 4.79 Å². The van der Waals surface area contributed by atoms with Crippen molar-refractivity contribution in [2.45, 2.75) is 6.54 Å². The van der Waals surface area contributed by atoms with Gasteiger partial charge in [0.15, 0.2) is 5.78 Å². The first-order valence-corrected chi connectivity index (χ1v) is 7.27. The number of Topliss-reactive ketones (excluding diaryl/α,β-unsaturated/α-hetero) is 1. The van der Waals surface area contributed by atoms with E-state index in [0.717, 1.165) is 11.4 Å². The zero-order valence-electron chi connectivity index (χ0n) is 9.35. The van der Waals surface area contributed by atoms with Crippen molar-refractivity contribution in [3.63, 3.8) is 0 Å². The minimum atomic E-state index is 0.125. The fourth-order valence-electron chi connectivity index (χ4n) is 1.54. The lowest BCUT2D eigenvalue weighted by Crippen LogP contribution is -2.24. The van der Waals surface area contributed by atoms with Crippen molar-refractivity contribution in [3.8, 4) is 0 Å². The molecule has 0 bridgehead atoms. The molecule has 0 unspecified atom stereocenters. The van der Waals surface area contributed by atoms with Crippen LogP contribution in [0.1, 0.15) is 15.2 Å². The fourth-order valence-corrected chi connectivity index (χ4v) is 3.17. The molecule has 0 amide bonds. The molecule has 5 heteroatoms. The van der Waals surface area contributed by atoms with Gasteiger partial charge in [0.2, 0.25) is 0 Å². The summed E-state index contributed by atoms with van der Waals surface area (Å²) in [6.45, 7) is 1.22. The van der Waals surface area contributed by atoms with E-state index in [2.05, 4.69) is 11.4 Å². The number of hydrogen-bond donors (Lipinski definition) is 0. The van der Waals surface area contributed by atoms with Crippen LogP contribution in [0.15, 0.2) is 29.0 Å². The van der Waals surface area contributed by atoms with Crippen LogP contribution in [-0.4, -0.2) is 24.3 Å². The number of ketones is 1. The van der Waals surface area contributed by atoms with Crippen LogP contribution in [0.25, 0.3) is 0 Å². The molecular formula is C12H12ClNOS2. The third-order valence-electron chi connectivity index (χ3n) is 2.29. The topological polar surface area (TPSA) is 20.3 Å². The summed E-state index contributed by atoms with van der Waals surface area (Å²) < 4.78 is 0.661. The summed E-state index contributed by atoms with van der Waals surface area (Å²) in [4.78, 5) is 14.7. The second-order valence-corrected chi connectivity index (χ2v) is 6.33. The van der Waals surface area contributed by atoms with Gasteiger partial charge in [-0.15, -0.1) is 11.3 Å². The highest BCUT2D eigenvalue weighted by Gasteiger charge is 2.11. The molecule has 0 saturated heterocycles. The van der Waals surface area contributed by atoms with Crippen molar-refractivity contribution in [2.75, 3.05) is 13.6 Å². The van der Waals surface area contributed by atoms with Gasteiger partial charge in [0.1, 0.15) is 0 Å². The van der Waals surface area contributed by atoms with E-state index in [1.165, 1.54) is 16.9 Å². The molecule has 0 aliphatic rings. The van der Waals surface area contributed by atoms with Gasteiger partial charge in [0, 0.05) is 6.54 Å². The number of carbonyl (C=O) groups is 1. The Kier molecular flexibility index (Phi) is 4.34. The second kappa shape index (κ2) is 5.78. The van der Waals surface area contributed by atoms with E-state index >= 15 is 0 Å². The molecule has 2 aromatic heterocycles. The number of hydrogen-bond acceptors (Lipinski definition) is 4. The molecule has 90 valence electrons. The first-order chi connectivity index (χ1) is 8.15. The number of likely N-dealkylation sites (N-methyl/N-ethyl adjacent to an activating group) is 1. The molecule has 0 spiro atoms. The molecule has 2 nitrogen and oxygen atoms in total. The monoisotopic (exact) mass is 285 g/mol. The van der Waals surface area contributed by atoms with Crippen molar-refractivity contribution in [2.24, 2.45) is 0 Å². The van der Waals surface area contributed by atoms with Crippen LogP contribution >= 0.6 is 34.3 Å². The molecule has 0 aromatic carbocycles. The van der Waals surface area contributed by atoms with Gasteiger partial charge >= 0.3 is 0 Å². The maximum absolute atomic E-state index is 11.9. The Morgan fingerprint density at radius 3 is 2.82 bits per heavy atom. The smallest absolute Gasteiger partial charge is 0.186 e. The fraction of sp³-hybridized carbons (Fsp3) is 0.250. The minimum Gasteiger partial charge on any atom is -0.295 e. The first-order valence-electron chi connectivity index (χ1n) is 5.13. The zero-order valence-corrected chi connectivity index (χ0v) is 11.7. The SMILES string of the molecule is CN(CC(=O)c1ccc(Cl)s1)Cc1ccsc1. The van der Waals surface area contributed by atoms with Gasteiger partial charge < -0.3 is 0 Å². The summed E-state index contributed by atoms with van der Waals surface area (Å²) in [6.07, 6.45) is 0. The lowest BCUT2D eigenvalue weighted by Gasteiger charge is -2.14. The van der Waals surface area contributed by atoms with Crippen molar-refractivity contribution >= 4 is 40.1 Å². The molecular weight excluding hydrogens is 274 g/mol. The summed E-state index contributed by atoms with van der Waals surface area (Å²) in [6, 6.07) is 5.62. The minimum absolute atomic E-state index is 0.125. The van der Waals surface area contributed by atoms with E-state index in [4.69, 9.17) is 11.6 Å². The molecule has 17 heavy (non-hydrogen) atoms. The second-order valence-electron chi connectivity index (χ2n) is 3.83. The Hall–Kier alpha value is -0.680. The van der Waals surface area contributed by atoms with Crippen molar-refractivity contribution in [1.82, 2.24) is 4.90 Å². The Morgan fingerprint density at radius 2 is 2.24 bits per heavy atom. The summed E-state index contributed by atoms with van der Waals surface area (Å²) in [7, 11) is 1.95. The Balaban J connectivity index is 1.90. The normalized spacial score (nSPS) is 11.0. The molecule has 2 heterocycles. The molecule has 2 aromatic rings. The van der Waals surface area contributed by atoms with Crippen LogP contribution in [0, 0.1) is 0 Å². The van der Waals surface area contributed by atoms with Gasteiger partial charge in [-0.2, -0.15) is 11.3 Å². The van der Waals surface area contributed by atoms with Crippen molar-refractivity contribution in [1.29, 1.82) is 0 Å². The molecule has 0 saturated carbocycles. The van der Waals surface area contributed by atoms with Gasteiger partial charge in [-0.1, -0.05) is 11.6 Å². The predicted octanol–water partition coefficient (Wildman–Crippen LogP) is 3.78. The third-order valence-corrected chi connectivity index (χ3v) is 4.30. The van der Waals surface area contributed by atoms with Crippen molar-refractivity contribution in [3.05, 3.63) is 43.7 Å². The van der Waals surface area contributed by atoms with Crippen LogP contribution < -0.4 is 0 Å². The summed E-state index contributed by atoms with van der Waals surface area (Å²) in [5.74, 6) is 0.125. The van der Waals surface area contributed by atoms with E-state index < -0.39 is 0 Å². The van der Waals surface area contributed by atoms with Crippen LogP contribution in [0.3, 0.4) is 0 Å². The van der Waals surface area contributed by atoms with Crippen LogP contribution in [0.2, 0.25) is 4.34 Å². The number of thiophene rings is 2. The van der Waals surface area contributed by atoms with E-state index in [-0.39, 0.29) is 5.78 Å². The van der Waals surface area contributed by atoms with Gasteiger partial charge in [-0.3, -0.25) is 9.69 Å². The molecule has 0 atom stereocenters. The van der Waals surface area contributed by atoms with Gasteiger partial charge in [-0.05, 0) is 41.6 Å². The number of carbonyl (C=O) groups excluding carboxylic acids is 1. The largest absolute Gasteiger partial charge is 0.295 e. The molecule has 0 fully saturated rings. The van der Waals surface area contributed by atoms with E-state index in [1.54, 1.807) is 23.5 Å². The maximum atomic E-state index is 11.9. The summed E-state index contributed by atoms with van der Waals surface area (Å²) in [5, 5.41) is 4.15. The quantitative estimate of drug-likeness (QED) is 0.779. The first kappa shape index (κ1) is 12.8.